The summed E-state index contributed by atoms with van der Waals surface area (Å²) in [6, 6.07) is 4.28. The molecule has 0 radical (unpaired) electrons. The average Bonchev–Trinajstić information content (AvgIpc) is 3.43. The summed E-state index contributed by atoms with van der Waals surface area (Å²) in [6.45, 7) is 8.17. The monoisotopic (exact) mass is 517 g/mol. The SMILES string of the molecule is CCc1nc(CCNC(=NC)NCC(c2ccco2)N2CCCC2)sc1C.I. The van der Waals surface area contributed by atoms with Crippen LogP contribution in [0.5, 0.6) is 0 Å². The number of aliphatic imine (C=N–C) groups is 1. The first-order valence-electron chi connectivity index (χ1n) is 9.88. The van der Waals surface area contributed by atoms with Crippen LogP contribution >= 0.6 is 35.3 Å². The second-order valence-electron chi connectivity index (χ2n) is 6.87. The van der Waals surface area contributed by atoms with Gasteiger partial charge in [0.1, 0.15) is 5.76 Å². The molecular weight excluding hydrogens is 485 g/mol. The van der Waals surface area contributed by atoms with Gasteiger partial charge in [-0.05, 0) is 51.4 Å². The third kappa shape index (κ3) is 6.18. The largest absolute Gasteiger partial charge is 0.468 e. The third-order valence-corrected chi connectivity index (χ3v) is 6.12. The number of hydrogen-bond donors (Lipinski definition) is 2. The Kier molecular flexibility index (Phi) is 9.73. The van der Waals surface area contributed by atoms with E-state index in [-0.39, 0.29) is 30.0 Å². The number of halogens is 1. The van der Waals surface area contributed by atoms with Gasteiger partial charge in [0.2, 0.25) is 0 Å². The number of thiazole rings is 1. The lowest BCUT2D eigenvalue weighted by Crippen LogP contribution is -2.43. The molecule has 2 aromatic heterocycles. The minimum absolute atomic E-state index is 0. The van der Waals surface area contributed by atoms with Crippen molar-refractivity contribution < 1.29 is 4.42 Å². The zero-order valence-electron chi connectivity index (χ0n) is 17.0. The van der Waals surface area contributed by atoms with Crippen LogP contribution in [0.3, 0.4) is 0 Å². The second-order valence-corrected chi connectivity index (χ2v) is 8.16. The molecule has 0 amide bonds. The van der Waals surface area contributed by atoms with Crippen molar-refractivity contribution in [2.75, 3.05) is 33.2 Å². The summed E-state index contributed by atoms with van der Waals surface area (Å²) in [7, 11) is 1.82. The number of nitrogens with one attached hydrogen (secondary N) is 2. The summed E-state index contributed by atoms with van der Waals surface area (Å²) < 4.78 is 5.69. The maximum absolute atomic E-state index is 5.69. The van der Waals surface area contributed by atoms with E-state index in [1.807, 2.05) is 13.1 Å². The van der Waals surface area contributed by atoms with Crippen LogP contribution in [0.4, 0.5) is 0 Å². The standard InChI is InChI=1S/C20H31N5OS.HI/c1-4-16-15(2)27-19(24-16)9-10-22-20(21-3)23-14-17(18-8-7-13-26-18)25-11-5-6-12-25;/h7-8,13,17H,4-6,9-12,14H2,1-3H3,(H2,21,22,23);1H. The quantitative estimate of drug-likeness (QED) is 0.317. The smallest absolute Gasteiger partial charge is 0.191 e. The molecular formula is C20H32IN5OS. The van der Waals surface area contributed by atoms with Gasteiger partial charge in [-0.2, -0.15) is 0 Å². The zero-order valence-corrected chi connectivity index (χ0v) is 20.2. The Morgan fingerprint density at radius 3 is 2.75 bits per heavy atom. The highest BCUT2D eigenvalue weighted by Crippen LogP contribution is 2.24. The number of nitrogens with zero attached hydrogens (tertiary/aromatic N) is 3. The van der Waals surface area contributed by atoms with Crippen LogP contribution in [0.2, 0.25) is 0 Å². The Morgan fingerprint density at radius 1 is 1.36 bits per heavy atom. The van der Waals surface area contributed by atoms with Gasteiger partial charge >= 0.3 is 0 Å². The van der Waals surface area contributed by atoms with E-state index in [0.29, 0.717) is 0 Å². The zero-order chi connectivity index (χ0) is 19.1. The van der Waals surface area contributed by atoms with Crippen LogP contribution < -0.4 is 10.6 Å². The van der Waals surface area contributed by atoms with Gasteiger partial charge in [-0.25, -0.2) is 4.98 Å². The van der Waals surface area contributed by atoms with Crippen molar-refractivity contribution in [3.8, 4) is 0 Å². The molecule has 0 aromatic carbocycles. The lowest BCUT2D eigenvalue weighted by molar-refractivity contribution is 0.215. The molecule has 1 fully saturated rings. The average molecular weight is 517 g/mol. The first-order valence-corrected chi connectivity index (χ1v) is 10.7. The fourth-order valence-electron chi connectivity index (χ4n) is 3.57. The van der Waals surface area contributed by atoms with E-state index in [2.05, 4.69) is 40.4 Å². The van der Waals surface area contributed by atoms with E-state index in [4.69, 9.17) is 9.40 Å². The minimum Gasteiger partial charge on any atom is -0.468 e. The lowest BCUT2D eigenvalue weighted by atomic mass is 10.2. The molecule has 1 unspecified atom stereocenters. The Balaban J connectivity index is 0.00000280. The van der Waals surface area contributed by atoms with Crippen LogP contribution in [-0.4, -0.2) is 49.1 Å². The normalized spacial score (nSPS) is 16.0. The van der Waals surface area contributed by atoms with Crippen LogP contribution in [0.1, 0.15) is 47.1 Å². The molecule has 0 saturated carbocycles. The third-order valence-electron chi connectivity index (χ3n) is 5.04. The highest BCUT2D eigenvalue weighted by atomic mass is 127. The summed E-state index contributed by atoms with van der Waals surface area (Å²) in [5.74, 6) is 1.85. The molecule has 1 saturated heterocycles. The van der Waals surface area contributed by atoms with Crippen molar-refractivity contribution >= 4 is 41.3 Å². The highest BCUT2D eigenvalue weighted by Gasteiger charge is 2.25. The van der Waals surface area contributed by atoms with Crippen molar-refractivity contribution in [2.45, 2.75) is 45.6 Å². The van der Waals surface area contributed by atoms with Gasteiger partial charge in [-0.1, -0.05) is 6.92 Å². The Bertz CT molecular complexity index is 725. The molecule has 1 atom stereocenters. The van der Waals surface area contributed by atoms with Crippen molar-refractivity contribution in [3.63, 3.8) is 0 Å². The molecule has 2 N–H and O–H groups in total. The molecule has 2 aromatic rings. The van der Waals surface area contributed by atoms with Crippen LogP contribution in [0.15, 0.2) is 27.8 Å². The second kappa shape index (κ2) is 11.8. The van der Waals surface area contributed by atoms with Gasteiger partial charge in [0.15, 0.2) is 5.96 Å². The van der Waals surface area contributed by atoms with Gasteiger partial charge in [-0.15, -0.1) is 35.3 Å². The Morgan fingerprint density at radius 2 is 2.14 bits per heavy atom. The van der Waals surface area contributed by atoms with Crippen molar-refractivity contribution in [2.24, 2.45) is 4.99 Å². The Labute approximate surface area is 189 Å². The molecule has 0 spiro atoms. The first kappa shape index (κ1) is 23.2. The molecule has 6 nitrogen and oxygen atoms in total. The number of aromatic nitrogens is 1. The summed E-state index contributed by atoms with van der Waals surface area (Å²) in [5, 5.41) is 8.07. The van der Waals surface area contributed by atoms with Crippen molar-refractivity contribution in [1.82, 2.24) is 20.5 Å². The molecule has 0 aliphatic carbocycles. The van der Waals surface area contributed by atoms with E-state index < -0.39 is 0 Å². The summed E-state index contributed by atoms with van der Waals surface area (Å²) in [5.41, 5.74) is 1.23. The number of aryl methyl sites for hydroxylation is 2. The molecule has 1 aliphatic rings. The molecule has 3 rings (SSSR count). The molecule has 3 heterocycles. The van der Waals surface area contributed by atoms with Crippen LogP contribution in [0.25, 0.3) is 0 Å². The van der Waals surface area contributed by atoms with E-state index in [1.54, 1.807) is 17.6 Å². The van der Waals surface area contributed by atoms with E-state index in [0.717, 1.165) is 50.7 Å². The molecule has 0 bridgehead atoms. The highest BCUT2D eigenvalue weighted by molar-refractivity contribution is 14.0. The summed E-state index contributed by atoms with van der Waals surface area (Å²) >= 11 is 1.80. The topological polar surface area (TPSA) is 65.7 Å². The molecule has 1 aliphatic heterocycles. The van der Waals surface area contributed by atoms with Crippen molar-refractivity contribution in [1.29, 1.82) is 0 Å². The number of hydrogen-bond acceptors (Lipinski definition) is 5. The number of likely N-dealkylation sites (tertiary alicyclic amines) is 1. The van der Waals surface area contributed by atoms with Crippen LogP contribution in [-0.2, 0) is 12.8 Å². The first-order chi connectivity index (χ1) is 13.2. The van der Waals surface area contributed by atoms with Crippen LogP contribution in [0, 0.1) is 6.92 Å². The molecule has 156 valence electrons. The number of guanidine groups is 1. The summed E-state index contributed by atoms with van der Waals surface area (Å²) in [4.78, 5) is 12.9. The van der Waals surface area contributed by atoms with Gasteiger partial charge in [0.25, 0.3) is 0 Å². The van der Waals surface area contributed by atoms with Gasteiger partial charge in [0, 0.05) is 31.4 Å². The Hall–Kier alpha value is -1.13. The molecule has 8 heteroatoms. The summed E-state index contributed by atoms with van der Waals surface area (Å²) in [6.07, 6.45) is 6.20. The van der Waals surface area contributed by atoms with Crippen molar-refractivity contribution in [3.05, 3.63) is 39.7 Å². The van der Waals surface area contributed by atoms with Gasteiger partial charge < -0.3 is 15.1 Å². The lowest BCUT2D eigenvalue weighted by Gasteiger charge is -2.26. The number of rotatable bonds is 8. The van der Waals surface area contributed by atoms with E-state index in [9.17, 15) is 0 Å². The molecule has 28 heavy (non-hydrogen) atoms. The minimum atomic E-state index is 0. The van der Waals surface area contributed by atoms with E-state index in [1.165, 1.54) is 28.4 Å². The van der Waals surface area contributed by atoms with Gasteiger partial charge in [-0.3, -0.25) is 9.89 Å². The fraction of sp³-hybridized carbons (Fsp3) is 0.600. The predicted molar refractivity (Wildman–Crippen MR) is 127 cm³/mol. The van der Waals surface area contributed by atoms with Gasteiger partial charge in [0.05, 0.1) is 23.0 Å². The maximum Gasteiger partial charge on any atom is 0.191 e. The fourth-order valence-corrected chi connectivity index (χ4v) is 4.59. The predicted octanol–water partition coefficient (Wildman–Crippen LogP) is 3.77. The number of furan rings is 1. The van der Waals surface area contributed by atoms with E-state index >= 15 is 0 Å². The maximum atomic E-state index is 5.69.